The number of para-hydroxylation sites is 1. The maximum Gasteiger partial charge on any atom is 0.233 e. The maximum absolute atomic E-state index is 13.1. The van der Waals surface area contributed by atoms with Crippen molar-refractivity contribution in [3.63, 3.8) is 0 Å². The summed E-state index contributed by atoms with van der Waals surface area (Å²) >= 11 is 1.65. The van der Waals surface area contributed by atoms with Crippen LogP contribution in [0.15, 0.2) is 42.7 Å². The first kappa shape index (κ1) is 16.0. The topological polar surface area (TPSA) is 51.0 Å². The number of hydrogen-bond acceptors (Lipinski definition) is 4. The molecule has 0 fully saturated rings. The zero-order chi connectivity index (χ0) is 17.4. The maximum atomic E-state index is 13.1. The summed E-state index contributed by atoms with van der Waals surface area (Å²) in [5, 5.41) is 5.38. The van der Waals surface area contributed by atoms with Gasteiger partial charge in [-0.25, -0.2) is 4.98 Å². The summed E-state index contributed by atoms with van der Waals surface area (Å²) in [4.78, 5) is 20.6. The molecule has 1 aliphatic heterocycles. The van der Waals surface area contributed by atoms with Crippen molar-refractivity contribution in [2.24, 2.45) is 0 Å². The Morgan fingerprint density at radius 3 is 2.84 bits per heavy atom. The second-order valence-electron chi connectivity index (χ2n) is 6.39. The molecule has 0 saturated heterocycles. The van der Waals surface area contributed by atoms with Gasteiger partial charge >= 0.3 is 0 Å². The molecule has 25 heavy (non-hydrogen) atoms. The highest BCUT2D eigenvalue weighted by molar-refractivity contribution is 7.11. The lowest BCUT2D eigenvalue weighted by molar-refractivity contribution is -0.118. The molecule has 0 N–H and O–H groups in total. The second-order valence-corrected chi connectivity index (χ2v) is 7.80. The first-order valence-electron chi connectivity index (χ1n) is 8.42. The summed E-state index contributed by atoms with van der Waals surface area (Å²) in [6.45, 7) is 4.65. The normalized spacial score (nSPS) is 16.7. The molecule has 0 bridgehead atoms. The summed E-state index contributed by atoms with van der Waals surface area (Å²) in [6, 6.07) is 10.2. The van der Waals surface area contributed by atoms with E-state index in [1.54, 1.807) is 17.5 Å². The quantitative estimate of drug-likeness (QED) is 0.726. The standard InChI is InChI=1S/C19H20N4OS/c1-13-17(21-14(2)25-13)11-19(24)22-12-16(23-9-5-8-20-23)10-15-6-3-4-7-18(15)22/h3-9,16H,10-12H2,1-2H3. The third-order valence-corrected chi connectivity index (χ3v) is 5.58. The molecule has 3 heterocycles. The predicted molar refractivity (Wildman–Crippen MR) is 99.1 cm³/mol. The lowest BCUT2D eigenvalue weighted by Crippen LogP contribution is -2.41. The van der Waals surface area contributed by atoms with Crippen LogP contribution in [0.5, 0.6) is 0 Å². The van der Waals surface area contributed by atoms with E-state index in [4.69, 9.17) is 0 Å². The van der Waals surface area contributed by atoms with Crippen molar-refractivity contribution in [2.45, 2.75) is 32.7 Å². The van der Waals surface area contributed by atoms with E-state index in [1.165, 1.54) is 5.56 Å². The molecule has 0 radical (unpaired) electrons. The largest absolute Gasteiger partial charge is 0.310 e. The number of fused-ring (bicyclic) bond motifs is 1. The van der Waals surface area contributed by atoms with Crippen LogP contribution in [0.1, 0.15) is 27.2 Å². The minimum Gasteiger partial charge on any atom is -0.310 e. The van der Waals surface area contributed by atoms with Crippen molar-refractivity contribution in [2.75, 3.05) is 11.4 Å². The van der Waals surface area contributed by atoms with Crippen LogP contribution in [0.3, 0.4) is 0 Å². The van der Waals surface area contributed by atoms with Gasteiger partial charge in [-0.1, -0.05) is 18.2 Å². The van der Waals surface area contributed by atoms with Crippen molar-refractivity contribution >= 4 is 22.9 Å². The van der Waals surface area contributed by atoms with Crippen molar-refractivity contribution in [1.82, 2.24) is 14.8 Å². The Morgan fingerprint density at radius 1 is 1.28 bits per heavy atom. The van der Waals surface area contributed by atoms with E-state index in [0.717, 1.165) is 27.7 Å². The van der Waals surface area contributed by atoms with E-state index in [9.17, 15) is 4.79 Å². The molecule has 0 aliphatic carbocycles. The molecule has 3 aromatic rings. The van der Waals surface area contributed by atoms with Gasteiger partial charge in [0.1, 0.15) is 0 Å². The summed E-state index contributed by atoms with van der Waals surface area (Å²) in [5.74, 6) is 0.0951. The second kappa shape index (κ2) is 6.44. The molecule has 1 aliphatic rings. The van der Waals surface area contributed by atoms with Gasteiger partial charge in [0, 0.05) is 29.5 Å². The molecule has 1 unspecified atom stereocenters. The van der Waals surface area contributed by atoms with E-state index < -0.39 is 0 Å². The molecule has 2 aromatic heterocycles. The molecule has 1 amide bonds. The SMILES string of the molecule is Cc1nc(CC(=O)N2CC(n3cccn3)Cc3ccccc32)c(C)s1. The molecule has 6 heteroatoms. The number of aryl methyl sites for hydroxylation is 2. The number of benzene rings is 1. The van der Waals surface area contributed by atoms with Crippen LogP contribution in [0.25, 0.3) is 0 Å². The first-order chi connectivity index (χ1) is 12.1. The fourth-order valence-corrected chi connectivity index (χ4v) is 4.29. The monoisotopic (exact) mass is 352 g/mol. The average molecular weight is 352 g/mol. The highest BCUT2D eigenvalue weighted by Crippen LogP contribution is 2.32. The molecule has 1 aromatic carbocycles. The van der Waals surface area contributed by atoms with Gasteiger partial charge < -0.3 is 4.90 Å². The number of anilines is 1. The van der Waals surface area contributed by atoms with Gasteiger partial charge in [0.2, 0.25) is 5.91 Å². The van der Waals surface area contributed by atoms with Crippen LogP contribution in [0.4, 0.5) is 5.69 Å². The molecule has 0 saturated carbocycles. The molecule has 0 spiro atoms. The highest BCUT2D eigenvalue weighted by atomic mass is 32.1. The van der Waals surface area contributed by atoms with Gasteiger partial charge in [-0.2, -0.15) is 5.10 Å². The van der Waals surface area contributed by atoms with E-state index >= 15 is 0 Å². The Bertz CT molecular complexity index is 900. The number of rotatable bonds is 3. The van der Waals surface area contributed by atoms with Crippen LogP contribution in [-0.2, 0) is 17.6 Å². The van der Waals surface area contributed by atoms with Crippen molar-refractivity contribution in [3.05, 3.63) is 63.9 Å². The molecular weight excluding hydrogens is 332 g/mol. The fraction of sp³-hybridized carbons (Fsp3) is 0.316. The molecule has 1 atom stereocenters. The van der Waals surface area contributed by atoms with Gasteiger partial charge in [-0.3, -0.25) is 9.48 Å². The third-order valence-electron chi connectivity index (χ3n) is 4.65. The van der Waals surface area contributed by atoms with Gasteiger partial charge in [0.05, 0.1) is 23.2 Å². The van der Waals surface area contributed by atoms with Crippen LogP contribution in [0, 0.1) is 13.8 Å². The van der Waals surface area contributed by atoms with Gasteiger partial charge in [-0.15, -0.1) is 11.3 Å². The average Bonchev–Trinajstić information content (AvgIpc) is 3.24. The van der Waals surface area contributed by atoms with Gasteiger partial charge in [0.15, 0.2) is 0 Å². The molecular formula is C19H20N4OS. The van der Waals surface area contributed by atoms with Crippen molar-refractivity contribution in [1.29, 1.82) is 0 Å². The minimum atomic E-state index is 0.0951. The van der Waals surface area contributed by atoms with E-state index in [2.05, 4.69) is 16.1 Å². The van der Waals surface area contributed by atoms with Crippen molar-refractivity contribution in [3.8, 4) is 0 Å². The van der Waals surface area contributed by atoms with Crippen LogP contribution in [0.2, 0.25) is 0 Å². The van der Waals surface area contributed by atoms with Gasteiger partial charge in [0.25, 0.3) is 0 Å². The number of carbonyl (C=O) groups is 1. The Labute approximate surface area is 150 Å². The highest BCUT2D eigenvalue weighted by Gasteiger charge is 2.30. The lowest BCUT2D eigenvalue weighted by atomic mass is 9.97. The number of amides is 1. The molecule has 4 rings (SSSR count). The smallest absolute Gasteiger partial charge is 0.233 e. The number of hydrogen-bond donors (Lipinski definition) is 0. The first-order valence-corrected chi connectivity index (χ1v) is 9.24. The van der Waals surface area contributed by atoms with Gasteiger partial charge in [-0.05, 0) is 38.0 Å². The van der Waals surface area contributed by atoms with Crippen LogP contribution < -0.4 is 4.90 Å². The number of carbonyl (C=O) groups excluding carboxylic acids is 1. The van der Waals surface area contributed by atoms with Crippen LogP contribution in [-0.4, -0.2) is 27.2 Å². The molecule has 128 valence electrons. The minimum absolute atomic E-state index is 0.0951. The number of aromatic nitrogens is 3. The van der Waals surface area contributed by atoms with E-state index in [0.29, 0.717) is 13.0 Å². The fourth-order valence-electron chi connectivity index (χ4n) is 3.46. The summed E-state index contributed by atoms with van der Waals surface area (Å²) < 4.78 is 1.95. The Hall–Kier alpha value is -2.47. The predicted octanol–water partition coefficient (Wildman–Crippen LogP) is 3.33. The molecule has 5 nitrogen and oxygen atoms in total. The van der Waals surface area contributed by atoms with E-state index in [1.807, 2.05) is 53.9 Å². The summed E-state index contributed by atoms with van der Waals surface area (Å²) in [7, 11) is 0. The number of thiazole rings is 1. The Morgan fingerprint density at radius 2 is 2.12 bits per heavy atom. The third kappa shape index (κ3) is 3.09. The Kier molecular flexibility index (Phi) is 4.13. The zero-order valence-corrected chi connectivity index (χ0v) is 15.2. The lowest BCUT2D eigenvalue weighted by Gasteiger charge is -2.34. The number of nitrogens with zero attached hydrogens (tertiary/aromatic N) is 4. The van der Waals surface area contributed by atoms with E-state index in [-0.39, 0.29) is 11.9 Å². The Balaban J connectivity index is 1.64. The van der Waals surface area contributed by atoms with Crippen molar-refractivity contribution < 1.29 is 4.79 Å². The zero-order valence-electron chi connectivity index (χ0n) is 14.3. The summed E-state index contributed by atoms with van der Waals surface area (Å²) in [6.07, 6.45) is 4.98. The summed E-state index contributed by atoms with van der Waals surface area (Å²) in [5.41, 5.74) is 3.10. The van der Waals surface area contributed by atoms with Crippen LogP contribution >= 0.6 is 11.3 Å².